The van der Waals surface area contributed by atoms with Crippen molar-refractivity contribution in [3.05, 3.63) is 58.6 Å². The molecule has 5 nitrogen and oxygen atoms in total. The van der Waals surface area contributed by atoms with E-state index in [2.05, 4.69) is 5.32 Å². The molecule has 2 aromatic carbocycles. The van der Waals surface area contributed by atoms with Crippen LogP contribution in [0.3, 0.4) is 0 Å². The minimum atomic E-state index is -1.36. The maximum absolute atomic E-state index is 12.1. The summed E-state index contributed by atoms with van der Waals surface area (Å²) in [7, 11) is 1.47. The summed E-state index contributed by atoms with van der Waals surface area (Å²) < 4.78 is 5.00. The van der Waals surface area contributed by atoms with E-state index in [1.54, 1.807) is 18.2 Å². The van der Waals surface area contributed by atoms with Gasteiger partial charge in [-0.3, -0.25) is 4.79 Å². The van der Waals surface area contributed by atoms with Crippen molar-refractivity contribution in [3.63, 3.8) is 0 Å². The van der Waals surface area contributed by atoms with Crippen molar-refractivity contribution in [3.8, 4) is 5.75 Å². The summed E-state index contributed by atoms with van der Waals surface area (Å²) >= 11 is 5.95. The number of ether oxygens (including phenoxy) is 1. The van der Waals surface area contributed by atoms with E-state index >= 15 is 0 Å². The Kier molecular flexibility index (Phi) is 4.45. The van der Waals surface area contributed by atoms with E-state index in [4.69, 9.17) is 16.3 Å². The number of rotatable bonds is 4. The second-order valence-electron chi connectivity index (χ2n) is 4.14. The molecule has 0 aliphatic carbocycles. The lowest BCUT2D eigenvalue weighted by Gasteiger charge is -2.12. The molecule has 21 heavy (non-hydrogen) atoms. The molecule has 2 rings (SSSR count). The highest BCUT2D eigenvalue weighted by atomic mass is 35.5. The molecular formula is C15H11ClNO4-. The fourth-order valence-corrected chi connectivity index (χ4v) is 2.03. The van der Waals surface area contributed by atoms with Crippen LogP contribution in [0.25, 0.3) is 0 Å². The largest absolute Gasteiger partial charge is 0.545 e. The maximum Gasteiger partial charge on any atom is 0.255 e. The zero-order chi connectivity index (χ0) is 15.4. The summed E-state index contributed by atoms with van der Waals surface area (Å²) in [6, 6.07) is 10.5. The van der Waals surface area contributed by atoms with Crippen LogP contribution in [-0.2, 0) is 0 Å². The third-order valence-corrected chi connectivity index (χ3v) is 3.10. The number of para-hydroxylation sites is 1. The standard InChI is InChI=1S/C15H12ClNO4/c1-21-13-7-6-9(8-11(13)16)14(18)17-12-5-3-2-4-10(12)15(19)20/h2-8H,1H3,(H,17,18)(H,19,20)/p-1. The highest BCUT2D eigenvalue weighted by Crippen LogP contribution is 2.25. The second-order valence-corrected chi connectivity index (χ2v) is 4.54. The zero-order valence-corrected chi connectivity index (χ0v) is 11.8. The first kappa shape index (κ1) is 14.9. The molecule has 0 aliphatic heterocycles. The second kappa shape index (κ2) is 6.28. The van der Waals surface area contributed by atoms with Crippen molar-refractivity contribution in [2.75, 3.05) is 12.4 Å². The summed E-state index contributed by atoms with van der Waals surface area (Å²) in [5, 5.41) is 13.8. The Labute approximate surface area is 126 Å². The lowest BCUT2D eigenvalue weighted by atomic mass is 10.1. The molecule has 0 saturated carbocycles. The molecule has 0 unspecified atom stereocenters. The van der Waals surface area contributed by atoms with Crippen LogP contribution in [-0.4, -0.2) is 19.0 Å². The third-order valence-electron chi connectivity index (χ3n) is 2.81. The van der Waals surface area contributed by atoms with E-state index < -0.39 is 11.9 Å². The number of halogens is 1. The van der Waals surface area contributed by atoms with Gasteiger partial charge >= 0.3 is 0 Å². The molecule has 0 radical (unpaired) electrons. The average Bonchev–Trinajstić information content (AvgIpc) is 2.47. The van der Waals surface area contributed by atoms with Crippen LogP contribution in [0.2, 0.25) is 5.02 Å². The third kappa shape index (κ3) is 3.32. The first-order valence-electron chi connectivity index (χ1n) is 5.98. The van der Waals surface area contributed by atoms with Gasteiger partial charge in [0.1, 0.15) is 5.75 Å². The Hall–Kier alpha value is -2.53. The molecule has 0 heterocycles. The minimum Gasteiger partial charge on any atom is -0.545 e. The van der Waals surface area contributed by atoms with E-state index in [9.17, 15) is 14.7 Å². The van der Waals surface area contributed by atoms with Gasteiger partial charge in [0, 0.05) is 11.1 Å². The number of aromatic carboxylic acids is 1. The van der Waals surface area contributed by atoms with E-state index in [1.165, 1.54) is 31.4 Å². The van der Waals surface area contributed by atoms with E-state index in [0.717, 1.165) is 0 Å². The number of amides is 1. The molecular weight excluding hydrogens is 294 g/mol. The average molecular weight is 305 g/mol. The van der Waals surface area contributed by atoms with Crippen molar-refractivity contribution in [2.24, 2.45) is 0 Å². The zero-order valence-electron chi connectivity index (χ0n) is 11.1. The first-order chi connectivity index (χ1) is 10.0. The molecule has 0 saturated heterocycles. The summed E-state index contributed by atoms with van der Waals surface area (Å²) in [6.07, 6.45) is 0. The van der Waals surface area contributed by atoms with Gasteiger partial charge in [0.2, 0.25) is 0 Å². The molecule has 2 aromatic rings. The normalized spacial score (nSPS) is 10.0. The number of carbonyl (C=O) groups is 2. The fourth-order valence-electron chi connectivity index (χ4n) is 1.77. The molecule has 0 fully saturated rings. The Balaban J connectivity index is 2.26. The number of hydrogen-bond acceptors (Lipinski definition) is 4. The first-order valence-corrected chi connectivity index (χ1v) is 6.36. The highest BCUT2D eigenvalue weighted by molar-refractivity contribution is 6.32. The number of anilines is 1. The van der Waals surface area contributed by atoms with Crippen LogP contribution in [0.5, 0.6) is 5.75 Å². The van der Waals surface area contributed by atoms with E-state index in [-0.39, 0.29) is 16.8 Å². The van der Waals surface area contributed by atoms with Gasteiger partial charge in [0.05, 0.1) is 23.8 Å². The highest BCUT2D eigenvalue weighted by Gasteiger charge is 2.11. The quantitative estimate of drug-likeness (QED) is 0.936. The predicted octanol–water partition coefficient (Wildman–Crippen LogP) is 1.96. The molecule has 0 aromatic heterocycles. The van der Waals surface area contributed by atoms with Crippen molar-refractivity contribution in [1.29, 1.82) is 0 Å². The van der Waals surface area contributed by atoms with Crippen molar-refractivity contribution in [1.82, 2.24) is 0 Å². The summed E-state index contributed by atoms with van der Waals surface area (Å²) in [6.45, 7) is 0. The number of methoxy groups -OCH3 is 1. The van der Waals surface area contributed by atoms with Gasteiger partial charge in [-0.25, -0.2) is 0 Å². The smallest absolute Gasteiger partial charge is 0.255 e. The SMILES string of the molecule is COc1ccc(C(=O)Nc2ccccc2C(=O)[O-])cc1Cl. The molecule has 0 aliphatic rings. The van der Waals surface area contributed by atoms with E-state index in [1.807, 2.05) is 0 Å². The Bertz CT molecular complexity index is 700. The molecule has 6 heteroatoms. The molecule has 0 bridgehead atoms. The number of carbonyl (C=O) groups excluding carboxylic acids is 2. The molecule has 0 atom stereocenters. The number of nitrogens with one attached hydrogen (secondary N) is 1. The molecule has 108 valence electrons. The summed E-state index contributed by atoms with van der Waals surface area (Å²) in [4.78, 5) is 23.1. The van der Waals surface area contributed by atoms with Gasteiger partial charge in [0.15, 0.2) is 0 Å². The van der Waals surface area contributed by atoms with Gasteiger partial charge in [-0.15, -0.1) is 0 Å². The van der Waals surface area contributed by atoms with Gasteiger partial charge in [-0.1, -0.05) is 29.8 Å². The lowest BCUT2D eigenvalue weighted by Crippen LogP contribution is -2.24. The van der Waals surface area contributed by atoms with Gasteiger partial charge in [-0.05, 0) is 24.3 Å². The van der Waals surface area contributed by atoms with Crippen LogP contribution >= 0.6 is 11.6 Å². The summed E-state index contributed by atoms with van der Waals surface area (Å²) in [5.74, 6) is -1.39. The van der Waals surface area contributed by atoms with Crippen LogP contribution in [0, 0.1) is 0 Å². The van der Waals surface area contributed by atoms with Crippen molar-refractivity contribution in [2.45, 2.75) is 0 Å². The number of carboxylic acid groups (broad SMARTS) is 1. The van der Waals surface area contributed by atoms with E-state index in [0.29, 0.717) is 10.8 Å². The lowest BCUT2D eigenvalue weighted by molar-refractivity contribution is -0.254. The maximum atomic E-state index is 12.1. The van der Waals surface area contributed by atoms with Crippen molar-refractivity contribution < 1.29 is 19.4 Å². The topological polar surface area (TPSA) is 78.5 Å². The Morgan fingerprint density at radius 1 is 1.19 bits per heavy atom. The fraction of sp³-hybridized carbons (Fsp3) is 0.0667. The minimum absolute atomic E-state index is 0.0922. The number of carboxylic acids is 1. The Morgan fingerprint density at radius 3 is 2.52 bits per heavy atom. The van der Waals surface area contributed by atoms with Crippen LogP contribution in [0.4, 0.5) is 5.69 Å². The molecule has 0 spiro atoms. The monoisotopic (exact) mass is 304 g/mol. The predicted molar refractivity (Wildman–Crippen MR) is 76.7 cm³/mol. The number of hydrogen-bond donors (Lipinski definition) is 1. The van der Waals surface area contributed by atoms with Gasteiger partial charge in [0.25, 0.3) is 5.91 Å². The van der Waals surface area contributed by atoms with Crippen LogP contribution in [0.15, 0.2) is 42.5 Å². The number of benzene rings is 2. The van der Waals surface area contributed by atoms with Gasteiger partial charge in [-0.2, -0.15) is 0 Å². The van der Waals surface area contributed by atoms with Crippen LogP contribution < -0.4 is 15.2 Å². The van der Waals surface area contributed by atoms with Crippen molar-refractivity contribution >= 4 is 29.2 Å². The molecule has 1 N–H and O–H groups in total. The Morgan fingerprint density at radius 2 is 1.90 bits per heavy atom. The molecule has 1 amide bonds. The van der Waals surface area contributed by atoms with Crippen LogP contribution in [0.1, 0.15) is 20.7 Å². The summed E-state index contributed by atoms with van der Waals surface area (Å²) in [5.41, 5.74) is 0.355. The van der Waals surface area contributed by atoms with Gasteiger partial charge < -0.3 is 20.0 Å².